The van der Waals surface area contributed by atoms with E-state index in [-0.39, 0.29) is 0 Å². The molecule has 1 atom stereocenters. The van der Waals surface area contributed by atoms with E-state index in [1.807, 2.05) is 60.0 Å². The predicted octanol–water partition coefficient (Wildman–Crippen LogP) is 4.01. The van der Waals surface area contributed by atoms with Crippen molar-refractivity contribution in [3.63, 3.8) is 0 Å². The average Bonchev–Trinajstić information content (AvgIpc) is 3.17. The molecule has 0 aliphatic rings. The number of carbonyl (C=O) groups is 1. The van der Waals surface area contributed by atoms with Crippen LogP contribution in [-0.2, 0) is 4.79 Å². The largest absolute Gasteiger partial charge is 0.497 e. The van der Waals surface area contributed by atoms with Gasteiger partial charge in [0.1, 0.15) is 28.8 Å². The molecule has 0 saturated heterocycles. The van der Waals surface area contributed by atoms with Crippen LogP contribution >= 0.6 is 11.3 Å². The standard InChI is InChI=1S/C21H18N4O2S/c1-27-15-9-7-13(8-10-15)16-11-28-21-17(16)20(23-12-24-21)25-18(19(22)26)14-5-3-2-4-6-14/h2-12,18H,1H3,(H2,22,26)(H,23,24,25)/t18-/m0/s1. The molecule has 0 spiro atoms. The van der Waals surface area contributed by atoms with Gasteiger partial charge in [0.25, 0.3) is 0 Å². The van der Waals surface area contributed by atoms with Gasteiger partial charge < -0.3 is 15.8 Å². The quantitative estimate of drug-likeness (QED) is 0.519. The zero-order valence-corrected chi connectivity index (χ0v) is 15.9. The third-order valence-electron chi connectivity index (χ3n) is 4.47. The second kappa shape index (κ2) is 7.66. The predicted molar refractivity (Wildman–Crippen MR) is 111 cm³/mol. The Bertz CT molecular complexity index is 1110. The van der Waals surface area contributed by atoms with E-state index in [1.54, 1.807) is 7.11 Å². The van der Waals surface area contributed by atoms with Crippen LogP contribution in [0.15, 0.2) is 66.3 Å². The molecule has 4 aromatic rings. The van der Waals surface area contributed by atoms with Crippen molar-refractivity contribution in [2.75, 3.05) is 12.4 Å². The Balaban J connectivity index is 1.79. The van der Waals surface area contributed by atoms with Gasteiger partial charge in [0, 0.05) is 10.9 Å². The van der Waals surface area contributed by atoms with Crippen LogP contribution in [0.4, 0.5) is 5.82 Å². The Kier molecular flexibility index (Phi) is 4.90. The van der Waals surface area contributed by atoms with Gasteiger partial charge in [-0.3, -0.25) is 4.79 Å². The Morgan fingerprint density at radius 1 is 1.11 bits per heavy atom. The SMILES string of the molecule is COc1ccc(-c2csc3ncnc(N[C@H](C(N)=O)c4ccccc4)c23)cc1. The topological polar surface area (TPSA) is 90.1 Å². The number of aromatic nitrogens is 2. The molecular formula is C21H18N4O2S. The minimum atomic E-state index is -0.692. The van der Waals surface area contributed by atoms with Crippen LogP contribution in [0.1, 0.15) is 11.6 Å². The third kappa shape index (κ3) is 3.39. The van der Waals surface area contributed by atoms with Crippen LogP contribution in [-0.4, -0.2) is 23.0 Å². The van der Waals surface area contributed by atoms with E-state index in [2.05, 4.69) is 15.3 Å². The zero-order chi connectivity index (χ0) is 19.5. The molecule has 2 aromatic carbocycles. The van der Waals surface area contributed by atoms with Gasteiger partial charge in [-0.15, -0.1) is 11.3 Å². The number of ether oxygens (including phenoxy) is 1. The van der Waals surface area contributed by atoms with Crippen molar-refractivity contribution in [1.29, 1.82) is 0 Å². The van der Waals surface area contributed by atoms with Crippen molar-refractivity contribution in [3.05, 3.63) is 71.9 Å². The summed E-state index contributed by atoms with van der Waals surface area (Å²) in [6.07, 6.45) is 1.49. The van der Waals surface area contributed by atoms with Crippen LogP contribution in [0, 0.1) is 0 Å². The van der Waals surface area contributed by atoms with Crippen molar-refractivity contribution < 1.29 is 9.53 Å². The molecule has 2 heterocycles. The number of methoxy groups -OCH3 is 1. The van der Waals surface area contributed by atoms with Gasteiger partial charge >= 0.3 is 0 Å². The molecule has 2 aromatic heterocycles. The van der Waals surface area contributed by atoms with Crippen LogP contribution in [0.2, 0.25) is 0 Å². The Hall–Kier alpha value is -3.45. The second-order valence-corrected chi connectivity index (χ2v) is 7.03. The number of rotatable bonds is 6. The molecule has 0 radical (unpaired) electrons. The van der Waals surface area contributed by atoms with Gasteiger partial charge in [-0.05, 0) is 23.3 Å². The summed E-state index contributed by atoms with van der Waals surface area (Å²) < 4.78 is 5.24. The average molecular weight is 390 g/mol. The first-order valence-corrected chi connectivity index (χ1v) is 9.53. The van der Waals surface area contributed by atoms with E-state index < -0.39 is 11.9 Å². The molecule has 140 valence electrons. The minimum absolute atomic E-state index is 0.473. The highest BCUT2D eigenvalue weighted by Gasteiger charge is 2.21. The molecule has 28 heavy (non-hydrogen) atoms. The molecule has 7 heteroatoms. The number of nitrogens with zero attached hydrogens (tertiary/aromatic N) is 2. The normalized spacial score (nSPS) is 11.9. The van der Waals surface area contributed by atoms with Gasteiger partial charge in [-0.25, -0.2) is 9.97 Å². The van der Waals surface area contributed by atoms with Gasteiger partial charge in [-0.1, -0.05) is 42.5 Å². The molecule has 3 N–H and O–H groups in total. The molecule has 1 amide bonds. The number of anilines is 1. The molecular weight excluding hydrogens is 372 g/mol. The number of hydrogen-bond donors (Lipinski definition) is 2. The summed E-state index contributed by atoms with van der Waals surface area (Å²) in [6.45, 7) is 0. The summed E-state index contributed by atoms with van der Waals surface area (Å²) in [7, 11) is 1.64. The number of hydrogen-bond acceptors (Lipinski definition) is 6. The highest BCUT2D eigenvalue weighted by atomic mass is 32.1. The Morgan fingerprint density at radius 2 is 1.86 bits per heavy atom. The smallest absolute Gasteiger partial charge is 0.244 e. The second-order valence-electron chi connectivity index (χ2n) is 6.17. The van der Waals surface area contributed by atoms with Crippen molar-refractivity contribution >= 4 is 33.3 Å². The first kappa shape index (κ1) is 17.9. The minimum Gasteiger partial charge on any atom is -0.497 e. The maximum Gasteiger partial charge on any atom is 0.244 e. The van der Waals surface area contributed by atoms with Crippen molar-refractivity contribution in [2.24, 2.45) is 5.73 Å². The lowest BCUT2D eigenvalue weighted by molar-refractivity contribution is -0.118. The van der Waals surface area contributed by atoms with E-state index in [1.165, 1.54) is 17.7 Å². The first-order valence-electron chi connectivity index (χ1n) is 8.65. The van der Waals surface area contributed by atoms with Crippen LogP contribution in [0.5, 0.6) is 5.75 Å². The number of benzene rings is 2. The molecule has 0 aliphatic heterocycles. The van der Waals surface area contributed by atoms with Gasteiger partial charge in [0.2, 0.25) is 5.91 Å². The summed E-state index contributed by atoms with van der Waals surface area (Å²) >= 11 is 1.53. The molecule has 0 aliphatic carbocycles. The third-order valence-corrected chi connectivity index (χ3v) is 5.36. The monoisotopic (exact) mass is 390 g/mol. The number of thiophene rings is 1. The zero-order valence-electron chi connectivity index (χ0n) is 15.1. The van der Waals surface area contributed by atoms with E-state index in [9.17, 15) is 4.79 Å². The number of primary amides is 1. The maximum atomic E-state index is 12.1. The lowest BCUT2D eigenvalue weighted by Crippen LogP contribution is -2.28. The molecule has 0 fully saturated rings. The van der Waals surface area contributed by atoms with Gasteiger partial charge in [-0.2, -0.15) is 0 Å². The van der Waals surface area contributed by atoms with E-state index in [0.29, 0.717) is 5.82 Å². The number of carbonyl (C=O) groups excluding carboxylic acids is 1. The van der Waals surface area contributed by atoms with E-state index in [0.717, 1.165) is 32.7 Å². The molecule has 0 bridgehead atoms. The highest BCUT2D eigenvalue weighted by Crippen LogP contribution is 2.38. The fourth-order valence-electron chi connectivity index (χ4n) is 3.07. The van der Waals surface area contributed by atoms with E-state index in [4.69, 9.17) is 10.5 Å². The van der Waals surface area contributed by atoms with Crippen molar-refractivity contribution in [1.82, 2.24) is 9.97 Å². The Labute approximate surface area is 166 Å². The van der Waals surface area contributed by atoms with Crippen molar-refractivity contribution in [2.45, 2.75) is 6.04 Å². The first-order chi connectivity index (χ1) is 13.7. The number of amides is 1. The summed E-state index contributed by atoms with van der Waals surface area (Å²) in [5.41, 5.74) is 8.44. The lowest BCUT2D eigenvalue weighted by Gasteiger charge is -2.17. The molecule has 4 rings (SSSR count). The van der Waals surface area contributed by atoms with Crippen LogP contribution in [0.3, 0.4) is 0 Å². The fourth-order valence-corrected chi connectivity index (χ4v) is 3.98. The number of fused-ring (bicyclic) bond motifs is 1. The van der Waals surface area contributed by atoms with Crippen LogP contribution < -0.4 is 15.8 Å². The van der Waals surface area contributed by atoms with E-state index >= 15 is 0 Å². The summed E-state index contributed by atoms with van der Waals surface area (Å²) in [5, 5.41) is 6.11. The molecule has 6 nitrogen and oxygen atoms in total. The fraction of sp³-hybridized carbons (Fsp3) is 0.0952. The van der Waals surface area contributed by atoms with Crippen LogP contribution in [0.25, 0.3) is 21.3 Å². The molecule has 0 unspecified atom stereocenters. The van der Waals surface area contributed by atoms with Crippen molar-refractivity contribution in [3.8, 4) is 16.9 Å². The number of nitrogens with one attached hydrogen (secondary N) is 1. The summed E-state index contributed by atoms with van der Waals surface area (Å²) in [4.78, 5) is 21.7. The van der Waals surface area contributed by atoms with Gasteiger partial charge in [0.05, 0.1) is 12.5 Å². The summed E-state index contributed by atoms with van der Waals surface area (Å²) in [5.74, 6) is 0.889. The highest BCUT2D eigenvalue weighted by molar-refractivity contribution is 7.17. The number of nitrogens with two attached hydrogens (primary N) is 1. The molecule has 0 saturated carbocycles. The Morgan fingerprint density at radius 3 is 2.54 bits per heavy atom. The maximum absolute atomic E-state index is 12.1. The van der Waals surface area contributed by atoms with Gasteiger partial charge in [0.15, 0.2) is 0 Å². The summed E-state index contributed by atoms with van der Waals surface area (Å²) in [6, 6.07) is 16.5. The lowest BCUT2D eigenvalue weighted by atomic mass is 10.0.